The van der Waals surface area contributed by atoms with Crippen molar-refractivity contribution in [1.82, 2.24) is 19.9 Å². The largest absolute Gasteiger partial charge is 0.573 e. The van der Waals surface area contributed by atoms with Crippen molar-refractivity contribution in [2.75, 3.05) is 13.1 Å². The molecule has 0 radical (unpaired) electrons. The molecule has 1 atom stereocenters. The van der Waals surface area contributed by atoms with Crippen LogP contribution in [0.5, 0.6) is 5.75 Å². The molecule has 0 spiro atoms. The number of aromatic nitrogens is 2. The minimum atomic E-state index is -4.76. The second-order valence-corrected chi connectivity index (χ2v) is 9.63. The molecule has 3 heterocycles. The van der Waals surface area contributed by atoms with Gasteiger partial charge in [-0.3, -0.25) is 9.80 Å². The number of aliphatic hydroxyl groups is 1. The van der Waals surface area contributed by atoms with Gasteiger partial charge in [0.2, 0.25) is 11.7 Å². The number of fused-ring (bicyclic) bond motifs is 1. The lowest BCUT2D eigenvalue weighted by atomic mass is 10.0. The molecule has 0 bridgehead atoms. The number of aliphatic hydroxyl groups excluding tert-OH is 1. The number of nitrogens with zero attached hydrogens (tertiary/aromatic N) is 4. The molecule has 1 saturated heterocycles. The van der Waals surface area contributed by atoms with Gasteiger partial charge in [-0.25, -0.2) is 0 Å². The topological polar surface area (TPSA) is 91.9 Å². The first-order valence-corrected chi connectivity index (χ1v) is 12.2. The predicted octanol–water partition coefficient (Wildman–Crippen LogP) is 4.50. The van der Waals surface area contributed by atoms with Crippen molar-refractivity contribution in [3.63, 3.8) is 0 Å². The number of hydrogen-bond donors (Lipinski definition) is 1. The number of alkyl halides is 3. The van der Waals surface area contributed by atoms with Gasteiger partial charge in [-0.1, -0.05) is 28.9 Å². The molecule has 1 unspecified atom stereocenters. The molecule has 8 nitrogen and oxygen atoms in total. The third kappa shape index (κ3) is 5.96. The highest BCUT2D eigenvalue weighted by Gasteiger charge is 2.34. The van der Waals surface area contributed by atoms with E-state index in [0.717, 1.165) is 30.5 Å². The maximum atomic E-state index is 12.4. The van der Waals surface area contributed by atoms with Crippen molar-refractivity contribution in [3.8, 4) is 17.1 Å². The Hall–Kier alpha value is -2.99. The second-order valence-electron chi connectivity index (χ2n) is 9.23. The van der Waals surface area contributed by atoms with Crippen LogP contribution in [0.1, 0.15) is 41.5 Å². The number of carbonyl (C=O) groups excluding carboxylic acids is 1. The molecule has 0 aliphatic carbocycles. The van der Waals surface area contributed by atoms with E-state index in [1.54, 1.807) is 6.07 Å². The number of piperidine rings is 1. The summed E-state index contributed by atoms with van der Waals surface area (Å²) in [6, 6.07) is 8.53. The molecule has 2 aliphatic rings. The molecule has 0 saturated carbocycles. The van der Waals surface area contributed by atoms with Crippen molar-refractivity contribution >= 4 is 17.9 Å². The SMILES string of the molecule is O=CC1c2c(Cl)cc(-c3noc(CN4CCC(O)CC4)n3)cc2CN1Cc1ccc(OC(F)(F)F)cc1. The van der Waals surface area contributed by atoms with E-state index in [4.69, 9.17) is 16.1 Å². The Morgan fingerprint density at radius 2 is 1.89 bits per heavy atom. The fraction of sp³-hybridized carbons (Fsp3) is 0.400. The van der Waals surface area contributed by atoms with Crippen LogP contribution in [0, 0.1) is 0 Å². The van der Waals surface area contributed by atoms with Gasteiger partial charge in [-0.05, 0) is 53.8 Å². The van der Waals surface area contributed by atoms with Gasteiger partial charge < -0.3 is 19.2 Å². The summed E-state index contributed by atoms with van der Waals surface area (Å²) in [7, 11) is 0. The molecule has 0 amide bonds. The number of aldehydes is 1. The highest BCUT2D eigenvalue weighted by atomic mass is 35.5. The second kappa shape index (κ2) is 10.4. The van der Waals surface area contributed by atoms with E-state index < -0.39 is 12.4 Å². The molecule has 12 heteroatoms. The molecule has 1 fully saturated rings. The molecule has 1 aromatic heterocycles. The third-order valence-electron chi connectivity index (χ3n) is 6.59. The van der Waals surface area contributed by atoms with Gasteiger partial charge in [0.05, 0.1) is 18.7 Å². The average molecular weight is 537 g/mol. The Morgan fingerprint density at radius 3 is 2.57 bits per heavy atom. The maximum Gasteiger partial charge on any atom is 0.573 e. The van der Waals surface area contributed by atoms with Crippen LogP contribution in [0.25, 0.3) is 11.4 Å². The minimum Gasteiger partial charge on any atom is -0.406 e. The number of carbonyl (C=O) groups is 1. The predicted molar refractivity (Wildman–Crippen MR) is 126 cm³/mol. The van der Waals surface area contributed by atoms with Gasteiger partial charge in [0.1, 0.15) is 12.0 Å². The molecule has 2 aliphatic heterocycles. The highest BCUT2D eigenvalue weighted by molar-refractivity contribution is 6.32. The van der Waals surface area contributed by atoms with Crippen LogP contribution in [-0.4, -0.2) is 56.9 Å². The lowest BCUT2D eigenvalue weighted by Gasteiger charge is -2.27. The van der Waals surface area contributed by atoms with E-state index in [-0.39, 0.29) is 11.9 Å². The fourth-order valence-electron chi connectivity index (χ4n) is 4.81. The summed E-state index contributed by atoms with van der Waals surface area (Å²) >= 11 is 6.60. The lowest BCUT2D eigenvalue weighted by molar-refractivity contribution is -0.274. The summed E-state index contributed by atoms with van der Waals surface area (Å²) in [5.41, 5.74) is 2.91. The summed E-state index contributed by atoms with van der Waals surface area (Å²) in [6.07, 6.45) is -2.80. The highest BCUT2D eigenvalue weighted by Crippen LogP contribution is 2.40. The molecule has 1 N–H and O–H groups in total. The molecular formula is C25H24ClF3N4O4. The standard InChI is InChI=1S/C25H24ClF3N4O4/c26-20-10-16(24-30-22(37-31-24)13-32-7-5-18(35)6-8-32)9-17-12-33(21(14-34)23(17)20)11-15-1-3-19(4-2-15)36-25(27,28)29/h1-4,9-10,14,18,21,35H,5-8,11-13H2. The van der Waals surface area contributed by atoms with E-state index in [0.29, 0.717) is 60.3 Å². The number of hydrogen-bond acceptors (Lipinski definition) is 8. The van der Waals surface area contributed by atoms with E-state index in [9.17, 15) is 23.1 Å². The summed E-state index contributed by atoms with van der Waals surface area (Å²) in [5.74, 6) is 0.546. The van der Waals surface area contributed by atoms with E-state index in [1.807, 2.05) is 11.0 Å². The van der Waals surface area contributed by atoms with Crippen molar-refractivity contribution in [2.24, 2.45) is 0 Å². The third-order valence-corrected chi connectivity index (χ3v) is 6.90. The van der Waals surface area contributed by atoms with Crippen LogP contribution in [0.2, 0.25) is 5.02 Å². The van der Waals surface area contributed by atoms with E-state index >= 15 is 0 Å². The Labute approximate surface area is 215 Å². The zero-order chi connectivity index (χ0) is 26.2. The van der Waals surface area contributed by atoms with Gasteiger partial charge in [-0.15, -0.1) is 13.2 Å². The Morgan fingerprint density at radius 1 is 1.16 bits per heavy atom. The van der Waals surface area contributed by atoms with Crippen molar-refractivity contribution in [1.29, 1.82) is 0 Å². The Bertz CT molecular complexity index is 1260. The summed E-state index contributed by atoms with van der Waals surface area (Å²) in [5, 5.41) is 14.2. The van der Waals surface area contributed by atoms with Crippen LogP contribution >= 0.6 is 11.6 Å². The summed E-state index contributed by atoms with van der Waals surface area (Å²) < 4.78 is 46.6. The molecule has 196 valence electrons. The average Bonchev–Trinajstić information content (AvgIpc) is 3.45. The monoisotopic (exact) mass is 536 g/mol. The number of halogens is 4. The molecule has 3 aromatic rings. The van der Waals surface area contributed by atoms with Gasteiger partial charge >= 0.3 is 6.36 Å². The van der Waals surface area contributed by atoms with Crippen molar-refractivity contribution < 1.29 is 32.3 Å². The van der Waals surface area contributed by atoms with Gasteiger partial charge in [-0.2, -0.15) is 4.98 Å². The van der Waals surface area contributed by atoms with Gasteiger partial charge in [0.25, 0.3) is 0 Å². The smallest absolute Gasteiger partial charge is 0.406 e. The van der Waals surface area contributed by atoms with Crippen LogP contribution in [0.15, 0.2) is 40.9 Å². The molecule has 5 rings (SSSR count). The zero-order valence-corrected chi connectivity index (χ0v) is 20.4. The van der Waals surface area contributed by atoms with E-state index in [2.05, 4.69) is 19.8 Å². The number of likely N-dealkylation sites (tertiary alicyclic amines) is 1. The summed E-state index contributed by atoms with van der Waals surface area (Å²) in [6.45, 7) is 2.74. The summed E-state index contributed by atoms with van der Waals surface area (Å²) in [4.78, 5) is 20.5. The van der Waals surface area contributed by atoms with Crippen LogP contribution in [0.4, 0.5) is 13.2 Å². The van der Waals surface area contributed by atoms with Crippen molar-refractivity contribution in [2.45, 2.75) is 51.0 Å². The van der Waals surface area contributed by atoms with Gasteiger partial charge in [0, 0.05) is 36.8 Å². The first-order chi connectivity index (χ1) is 17.7. The normalized spacial score (nSPS) is 19.2. The lowest BCUT2D eigenvalue weighted by Crippen LogP contribution is -2.35. The van der Waals surface area contributed by atoms with Crippen LogP contribution in [0.3, 0.4) is 0 Å². The van der Waals surface area contributed by atoms with Crippen LogP contribution in [-0.2, 0) is 24.4 Å². The number of benzene rings is 2. The zero-order valence-electron chi connectivity index (χ0n) is 19.6. The van der Waals surface area contributed by atoms with Crippen LogP contribution < -0.4 is 4.74 Å². The Balaban J connectivity index is 1.30. The minimum absolute atomic E-state index is 0.263. The molecule has 2 aromatic carbocycles. The maximum absolute atomic E-state index is 12.4. The molecule has 37 heavy (non-hydrogen) atoms. The molecular weight excluding hydrogens is 513 g/mol. The number of ether oxygens (including phenoxy) is 1. The first kappa shape index (κ1) is 25.7. The van der Waals surface area contributed by atoms with E-state index in [1.165, 1.54) is 24.3 Å². The van der Waals surface area contributed by atoms with Gasteiger partial charge in [0.15, 0.2) is 0 Å². The number of rotatable bonds is 7. The van der Waals surface area contributed by atoms with Crippen molar-refractivity contribution in [3.05, 3.63) is 64.0 Å². The quantitative estimate of drug-likeness (QED) is 0.441. The first-order valence-electron chi connectivity index (χ1n) is 11.8. The Kier molecular flexibility index (Phi) is 7.21. The fourth-order valence-corrected chi connectivity index (χ4v) is 5.16.